The molecule has 0 heterocycles. The van der Waals surface area contributed by atoms with E-state index in [1.165, 1.54) is 5.57 Å². The van der Waals surface area contributed by atoms with Crippen molar-refractivity contribution in [3.63, 3.8) is 0 Å². The van der Waals surface area contributed by atoms with Crippen LogP contribution in [-0.4, -0.2) is 25.4 Å². The van der Waals surface area contributed by atoms with Crippen molar-refractivity contribution >= 4 is 0 Å². The number of hydrogen-bond acceptors (Lipinski definition) is 3. The first-order valence-corrected chi connectivity index (χ1v) is 11.4. The van der Waals surface area contributed by atoms with Crippen LogP contribution in [0.3, 0.4) is 0 Å². The van der Waals surface area contributed by atoms with Crippen molar-refractivity contribution in [2.24, 2.45) is 11.7 Å². The van der Waals surface area contributed by atoms with Crippen LogP contribution in [0.25, 0.3) is 0 Å². The van der Waals surface area contributed by atoms with E-state index in [0.717, 1.165) is 42.6 Å². The zero-order chi connectivity index (χ0) is 22.5. The lowest BCUT2D eigenvalue weighted by Crippen LogP contribution is -2.24. The van der Waals surface area contributed by atoms with Crippen LogP contribution in [-0.2, 0) is 16.1 Å². The monoisotopic (exact) mass is 427 g/mol. The summed E-state index contributed by atoms with van der Waals surface area (Å²) in [6.45, 7) is 10.1. The molecule has 1 aliphatic carbocycles. The van der Waals surface area contributed by atoms with Gasteiger partial charge in [0.05, 0.1) is 19.3 Å². The first-order valence-electron chi connectivity index (χ1n) is 11.4. The third-order valence-corrected chi connectivity index (χ3v) is 5.71. The number of halogens is 1. The number of unbranched alkanes of at least 4 members (excludes halogenated alkanes) is 1. The van der Waals surface area contributed by atoms with Crippen molar-refractivity contribution in [3.8, 4) is 0 Å². The average molecular weight is 428 g/mol. The number of alkyl halides is 1. The summed E-state index contributed by atoms with van der Waals surface area (Å²) in [5.74, 6) is 0.966. The Hall–Kier alpha value is -2.17. The summed E-state index contributed by atoms with van der Waals surface area (Å²) in [4.78, 5) is 0. The van der Waals surface area contributed by atoms with Crippen LogP contribution >= 0.6 is 0 Å². The minimum atomic E-state index is -0.902. The minimum Gasteiger partial charge on any atom is -0.494 e. The fourth-order valence-corrected chi connectivity index (χ4v) is 3.78. The number of benzene rings is 1. The molecule has 0 aliphatic heterocycles. The van der Waals surface area contributed by atoms with E-state index in [4.69, 9.17) is 15.2 Å². The van der Waals surface area contributed by atoms with Gasteiger partial charge in [0.1, 0.15) is 11.9 Å². The van der Waals surface area contributed by atoms with Gasteiger partial charge in [0.25, 0.3) is 0 Å². The van der Waals surface area contributed by atoms with Crippen molar-refractivity contribution in [2.75, 3.05) is 13.2 Å². The molecule has 2 N–H and O–H groups in total. The Kier molecular flexibility index (Phi) is 11.3. The maximum absolute atomic E-state index is 13.7. The summed E-state index contributed by atoms with van der Waals surface area (Å²) in [6, 6.07) is 10.2. The first kappa shape index (κ1) is 25.1. The summed E-state index contributed by atoms with van der Waals surface area (Å²) < 4.78 is 26.0. The Morgan fingerprint density at radius 3 is 2.68 bits per heavy atom. The van der Waals surface area contributed by atoms with Gasteiger partial charge in [0, 0.05) is 12.3 Å². The van der Waals surface area contributed by atoms with Crippen LogP contribution in [0.15, 0.2) is 78.1 Å². The minimum absolute atomic E-state index is 0.0304. The lowest BCUT2D eigenvalue weighted by Gasteiger charge is -2.29. The fraction of sp³-hybridized carbons (Fsp3) is 0.481. The molecule has 2 rings (SSSR count). The van der Waals surface area contributed by atoms with Crippen molar-refractivity contribution in [2.45, 2.75) is 64.8 Å². The topological polar surface area (TPSA) is 44.5 Å². The van der Waals surface area contributed by atoms with E-state index in [2.05, 4.69) is 32.6 Å². The fourth-order valence-electron chi connectivity index (χ4n) is 3.78. The van der Waals surface area contributed by atoms with Gasteiger partial charge < -0.3 is 15.2 Å². The van der Waals surface area contributed by atoms with E-state index in [1.807, 2.05) is 30.4 Å². The molecule has 0 spiro atoms. The Balaban J connectivity index is 2.16. The second-order valence-corrected chi connectivity index (χ2v) is 8.00. The van der Waals surface area contributed by atoms with Gasteiger partial charge in [-0.3, -0.25) is 0 Å². The van der Waals surface area contributed by atoms with Crippen molar-refractivity contribution in [1.29, 1.82) is 0 Å². The summed E-state index contributed by atoms with van der Waals surface area (Å²) in [6.07, 6.45) is 10.4. The van der Waals surface area contributed by atoms with Crippen molar-refractivity contribution in [3.05, 3.63) is 83.7 Å². The van der Waals surface area contributed by atoms with Crippen molar-refractivity contribution in [1.82, 2.24) is 0 Å². The molecular formula is C27H38FNO2. The number of allylic oxidation sites excluding steroid dienone is 5. The number of rotatable bonds is 14. The lowest BCUT2D eigenvalue weighted by atomic mass is 9.83. The predicted molar refractivity (Wildman–Crippen MR) is 127 cm³/mol. The van der Waals surface area contributed by atoms with E-state index in [9.17, 15) is 4.39 Å². The van der Waals surface area contributed by atoms with Gasteiger partial charge in [-0.2, -0.15) is 0 Å². The summed E-state index contributed by atoms with van der Waals surface area (Å²) >= 11 is 0. The molecule has 0 bridgehead atoms. The number of hydrogen-bond donors (Lipinski definition) is 1. The van der Waals surface area contributed by atoms with Crippen LogP contribution in [0.2, 0.25) is 0 Å². The Morgan fingerprint density at radius 2 is 2.06 bits per heavy atom. The molecule has 4 heteroatoms. The third-order valence-electron chi connectivity index (χ3n) is 5.71. The molecule has 0 aromatic heterocycles. The average Bonchev–Trinajstić information content (AvgIpc) is 2.80. The van der Waals surface area contributed by atoms with Crippen LogP contribution in [0.5, 0.6) is 0 Å². The molecule has 1 aromatic carbocycles. The van der Waals surface area contributed by atoms with Gasteiger partial charge in [-0.1, -0.05) is 62.1 Å². The molecule has 3 atom stereocenters. The lowest BCUT2D eigenvalue weighted by molar-refractivity contribution is 0.0235. The van der Waals surface area contributed by atoms with E-state index in [0.29, 0.717) is 26.2 Å². The van der Waals surface area contributed by atoms with E-state index in [-0.39, 0.29) is 12.0 Å². The van der Waals surface area contributed by atoms with Gasteiger partial charge in [-0.25, -0.2) is 4.39 Å². The highest BCUT2D eigenvalue weighted by molar-refractivity contribution is 5.30. The molecule has 1 aromatic rings. The first-order chi connectivity index (χ1) is 15.1. The number of ether oxygens (including phenoxy) is 2. The van der Waals surface area contributed by atoms with Crippen LogP contribution in [0.1, 0.15) is 51.5 Å². The van der Waals surface area contributed by atoms with Crippen LogP contribution in [0, 0.1) is 5.92 Å². The number of nitrogens with two attached hydrogens (primary N) is 1. The van der Waals surface area contributed by atoms with Gasteiger partial charge in [-0.05, 0) is 61.9 Å². The molecule has 170 valence electrons. The molecule has 31 heavy (non-hydrogen) atoms. The molecule has 1 aliphatic rings. The van der Waals surface area contributed by atoms with E-state index < -0.39 is 6.17 Å². The second-order valence-electron chi connectivity index (χ2n) is 8.00. The molecule has 3 unspecified atom stereocenters. The molecule has 0 saturated heterocycles. The van der Waals surface area contributed by atoms with Crippen LogP contribution in [0.4, 0.5) is 4.39 Å². The van der Waals surface area contributed by atoms with Gasteiger partial charge in [0.15, 0.2) is 0 Å². The summed E-state index contributed by atoms with van der Waals surface area (Å²) in [5, 5.41) is 0. The highest BCUT2D eigenvalue weighted by atomic mass is 19.1. The largest absolute Gasteiger partial charge is 0.494 e. The normalized spacial score (nSPS) is 18.7. The van der Waals surface area contributed by atoms with Gasteiger partial charge in [0.2, 0.25) is 0 Å². The van der Waals surface area contributed by atoms with E-state index >= 15 is 0 Å². The predicted octanol–water partition coefficient (Wildman–Crippen LogP) is 6.43. The maximum Gasteiger partial charge on any atom is 0.122 e. The molecule has 0 radical (unpaired) electrons. The van der Waals surface area contributed by atoms with Gasteiger partial charge >= 0.3 is 0 Å². The zero-order valence-corrected chi connectivity index (χ0v) is 19.1. The molecule has 0 amide bonds. The quantitative estimate of drug-likeness (QED) is 0.211. The van der Waals surface area contributed by atoms with Crippen LogP contribution < -0.4 is 5.73 Å². The standard InChI is InChI=1S/C27H38FNO2/c1-4-23(27(5-2)30-18-10-9-17-29)19-26(24-13-15-25(28)16-14-24)21(3)31-20-22-11-7-6-8-12-22/h5-8,11-15,21,25-26H,2,4,9-10,16-20,29H2,1,3H3/b27-23+. The zero-order valence-electron chi connectivity index (χ0n) is 19.1. The second kappa shape index (κ2) is 14.0. The smallest absolute Gasteiger partial charge is 0.122 e. The van der Waals surface area contributed by atoms with E-state index in [1.54, 1.807) is 12.2 Å². The Bertz CT molecular complexity index is 754. The summed E-state index contributed by atoms with van der Waals surface area (Å²) in [7, 11) is 0. The molecule has 3 nitrogen and oxygen atoms in total. The molecule has 0 fully saturated rings. The van der Waals surface area contributed by atoms with Crippen molar-refractivity contribution < 1.29 is 13.9 Å². The maximum atomic E-state index is 13.7. The highest BCUT2D eigenvalue weighted by Gasteiger charge is 2.25. The molecule has 0 saturated carbocycles. The Labute approximate surface area is 187 Å². The Morgan fingerprint density at radius 1 is 1.29 bits per heavy atom. The molecular weight excluding hydrogens is 389 g/mol. The van der Waals surface area contributed by atoms with Gasteiger partial charge in [-0.15, -0.1) is 0 Å². The third kappa shape index (κ3) is 8.47. The summed E-state index contributed by atoms with van der Waals surface area (Å²) in [5.41, 5.74) is 9.07. The SMILES string of the molecule is C=C/C(OCCCCN)=C(/CC)CC(C1=CCC(F)C=C1)C(C)OCc1ccccc1. The highest BCUT2D eigenvalue weighted by Crippen LogP contribution is 2.32.